The minimum Gasteiger partial charge on any atom is -0.412 e. The summed E-state index contributed by atoms with van der Waals surface area (Å²) in [5, 5.41) is 0. The van der Waals surface area contributed by atoms with Crippen LogP contribution in [0.15, 0.2) is 0 Å². The van der Waals surface area contributed by atoms with Crippen LogP contribution in [0.5, 0.6) is 0 Å². The molecule has 0 spiro atoms. The molecule has 0 aromatic carbocycles. The van der Waals surface area contributed by atoms with Gasteiger partial charge in [0.05, 0.1) is 0 Å². The zero-order valence-electron chi connectivity index (χ0n) is 2.06. The summed E-state index contributed by atoms with van der Waals surface area (Å²) in [5.41, 5.74) is 0. The van der Waals surface area contributed by atoms with Crippen molar-refractivity contribution in [3.8, 4) is 0 Å². The fourth-order valence-electron chi connectivity index (χ4n) is 0. The Morgan fingerprint density at radius 1 is 1.75 bits per heavy atom. The molecular weight excluding hydrogens is 75.0 g/mol. The highest BCUT2D eigenvalue weighted by Crippen LogP contribution is 1.53. The van der Waals surface area contributed by atoms with Crippen LogP contribution in [-0.4, -0.2) is 11.5 Å². The predicted molar refractivity (Wildman–Crippen MR) is 20.1 cm³/mol. The molecule has 1 atom stereocenters. The fourth-order valence-corrected chi connectivity index (χ4v) is 0. The van der Waals surface area contributed by atoms with Crippen LogP contribution in [0.4, 0.5) is 0 Å². The van der Waals surface area contributed by atoms with E-state index in [0.29, 0.717) is 6.03 Å². The van der Waals surface area contributed by atoms with Crippen LogP contribution in [0.1, 0.15) is 0 Å². The third-order valence-corrected chi connectivity index (χ3v) is 0. The number of rotatable bonds is 0. The molecule has 0 radical (unpaired) electrons. The molecule has 0 amide bonds. The van der Waals surface area contributed by atoms with Crippen LogP contribution in [0, 0.1) is 0 Å². The van der Waals surface area contributed by atoms with Gasteiger partial charge in [-0.25, -0.2) is 0 Å². The monoisotopic (exact) mass is 80.0 g/mol. The lowest BCUT2D eigenvalue weighted by molar-refractivity contribution is 0.570. The van der Waals surface area contributed by atoms with E-state index in [1.54, 1.807) is 0 Å². The van der Waals surface area contributed by atoms with E-state index in [1.807, 2.05) is 9.24 Å². The summed E-state index contributed by atoms with van der Waals surface area (Å²) in [5.74, 6) is 0. The van der Waals surface area contributed by atoms with Crippen molar-refractivity contribution < 1.29 is 10.3 Å². The Morgan fingerprint density at radius 3 is 1.75 bits per heavy atom. The van der Waals surface area contributed by atoms with Gasteiger partial charge in [-0.1, -0.05) is 9.24 Å². The second-order valence-corrected chi connectivity index (χ2v) is 0.408. The van der Waals surface area contributed by atoms with Gasteiger partial charge >= 0.3 is 0 Å². The van der Waals surface area contributed by atoms with Crippen molar-refractivity contribution >= 4 is 15.3 Å². The Labute approximate surface area is 26.7 Å². The van der Waals surface area contributed by atoms with Crippen LogP contribution in [0.3, 0.4) is 0 Å². The summed E-state index contributed by atoms with van der Waals surface area (Å²) in [6, 6.07) is 0.667. The number of hydrogen-bond acceptors (Lipinski definition) is 1. The van der Waals surface area contributed by atoms with E-state index in [4.69, 9.17) is 4.79 Å². The summed E-state index contributed by atoms with van der Waals surface area (Å²) in [7, 11) is 1.90. The first-order valence-corrected chi connectivity index (χ1v) is 1.24. The van der Waals surface area contributed by atoms with Gasteiger partial charge in [-0.3, -0.25) is 4.79 Å². The SMILES string of the molecule is O.O=CP. The van der Waals surface area contributed by atoms with E-state index in [0.717, 1.165) is 0 Å². The molecule has 26 valence electrons. The molecule has 2 N–H and O–H groups in total. The molecule has 3 heteroatoms. The summed E-state index contributed by atoms with van der Waals surface area (Å²) >= 11 is 0. The molecule has 0 aliphatic heterocycles. The molecule has 0 saturated heterocycles. The van der Waals surface area contributed by atoms with Crippen molar-refractivity contribution in [2.45, 2.75) is 0 Å². The van der Waals surface area contributed by atoms with Crippen LogP contribution in [-0.2, 0) is 4.79 Å². The van der Waals surface area contributed by atoms with Crippen molar-refractivity contribution in [2.75, 3.05) is 0 Å². The van der Waals surface area contributed by atoms with Crippen molar-refractivity contribution in [3.05, 3.63) is 0 Å². The molecule has 0 aliphatic carbocycles. The van der Waals surface area contributed by atoms with Gasteiger partial charge in [0, 0.05) is 0 Å². The van der Waals surface area contributed by atoms with Crippen LogP contribution in [0.2, 0.25) is 0 Å². The highest BCUT2D eigenvalue weighted by molar-refractivity contribution is 7.36. The Kier molecular flexibility index (Phi) is 25.9. The van der Waals surface area contributed by atoms with Crippen molar-refractivity contribution in [1.82, 2.24) is 0 Å². The molecule has 0 saturated carbocycles. The fraction of sp³-hybridized carbons (Fsp3) is 0. The highest BCUT2D eigenvalue weighted by Gasteiger charge is 1.23. The molecule has 0 aliphatic rings. The Morgan fingerprint density at radius 2 is 1.75 bits per heavy atom. The lowest BCUT2D eigenvalue weighted by Gasteiger charge is -1.24. The van der Waals surface area contributed by atoms with Gasteiger partial charge < -0.3 is 5.48 Å². The third-order valence-electron chi connectivity index (χ3n) is 0. The van der Waals surface area contributed by atoms with Crippen LogP contribution < -0.4 is 0 Å². The summed E-state index contributed by atoms with van der Waals surface area (Å²) in [6.45, 7) is 0. The second-order valence-electron chi connectivity index (χ2n) is 0.136. The van der Waals surface area contributed by atoms with Crippen LogP contribution in [0.25, 0.3) is 0 Å². The highest BCUT2D eigenvalue weighted by atomic mass is 31.0. The first-order chi connectivity index (χ1) is 1.41. The molecule has 2 nitrogen and oxygen atoms in total. The van der Waals surface area contributed by atoms with Crippen molar-refractivity contribution in [3.63, 3.8) is 0 Å². The summed E-state index contributed by atoms with van der Waals surface area (Å²) in [6.07, 6.45) is 0. The minimum atomic E-state index is 0. The Balaban J connectivity index is 0. The first-order valence-electron chi connectivity index (χ1n) is 0.569. The van der Waals surface area contributed by atoms with Gasteiger partial charge in [0.1, 0.15) is 6.03 Å². The van der Waals surface area contributed by atoms with Crippen LogP contribution >= 0.6 is 9.24 Å². The number of carbonyl (C=O) groups excluding carboxylic acids is 1. The molecule has 0 rings (SSSR count). The summed E-state index contributed by atoms with van der Waals surface area (Å²) in [4.78, 5) is 8.77. The standard InChI is InChI=1S/CH3OP.H2O/c2-1-3;/h1H,3H2;1H2. The van der Waals surface area contributed by atoms with E-state index in [-0.39, 0.29) is 5.48 Å². The van der Waals surface area contributed by atoms with Gasteiger partial charge in [0.15, 0.2) is 0 Å². The van der Waals surface area contributed by atoms with Gasteiger partial charge in [-0.05, 0) is 0 Å². The molecule has 0 bridgehead atoms. The van der Waals surface area contributed by atoms with Gasteiger partial charge in [0.25, 0.3) is 0 Å². The number of hydrogen-bond donors (Lipinski definition) is 0. The quantitative estimate of drug-likeness (QED) is 0.278. The maximum absolute atomic E-state index is 8.77. The van der Waals surface area contributed by atoms with E-state index < -0.39 is 0 Å². The average molecular weight is 80.0 g/mol. The van der Waals surface area contributed by atoms with Gasteiger partial charge in [-0.15, -0.1) is 0 Å². The van der Waals surface area contributed by atoms with E-state index in [1.165, 1.54) is 0 Å². The first kappa shape index (κ1) is 8.96. The maximum Gasteiger partial charge on any atom is 0.135 e. The van der Waals surface area contributed by atoms with Crippen molar-refractivity contribution in [1.29, 1.82) is 0 Å². The normalized spacial score (nSPS) is 3.25. The van der Waals surface area contributed by atoms with Gasteiger partial charge in [-0.2, -0.15) is 0 Å². The van der Waals surface area contributed by atoms with E-state index >= 15 is 0 Å². The molecule has 0 heterocycles. The molecule has 4 heavy (non-hydrogen) atoms. The molecule has 1 unspecified atom stereocenters. The minimum absolute atomic E-state index is 0. The topological polar surface area (TPSA) is 48.6 Å². The Hall–Kier alpha value is 0.0600. The second kappa shape index (κ2) is 11.6. The third kappa shape index (κ3) is 643. The Bertz CT molecular complexity index is 13.5. The summed E-state index contributed by atoms with van der Waals surface area (Å²) < 4.78 is 0. The molecule has 0 aromatic heterocycles. The lowest BCUT2D eigenvalue weighted by Crippen LogP contribution is -1.22. The zero-order chi connectivity index (χ0) is 2.71. The maximum atomic E-state index is 8.77. The molecule has 0 fully saturated rings. The average Bonchev–Trinajstić information content (AvgIpc) is 0.918. The zero-order valence-corrected chi connectivity index (χ0v) is 3.22. The molecule has 0 aromatic rings. The van der Waals surface area contributed by atoms with Gasteiger partial charge in [0.2, 0.25) is 0 Å². The lowest BCUT2D eigenvalue weighted by atomic mass is 11.8. The largest absolute Gasteiger partial charge is 0.412 e. The molecular formula is CH5O2P. The smallest absolute Gasteiger partial charge is 0.135 e. The van der Waals surface area contributed by atoms with Crippen molar-refractivity contribution in [2.24, 2.45) is 0 Å². The predicted octanol–water partition coefficient (Wildman–Crippen LogP) is -0.773. The van der Waals surface area contributed by atoms with E-state index in [9.17, 15) is 0 Å². The van der Waals surface area contributed by atoms with E-state index in [2.05, 4.69) is 0 Å². The number of carbonyl (C=O) groups is 1.